The van der Waals surface area contributed by atoms with Crippen LogP contribution in [0.2, 0.25) is 0 Å². The highest BCUT2D eigenvalue weighted by atomic mass is 16.6. The number of carbonyl (C=O) groups is 3. The first-order valence-electron chi connectivity index (χ1n) is 15.6. The lowest BCUT2D eigenvalue weighted by Crippen LogP contribution is -2.44. The first kappa shape index (κ1) is 34.2. The van der Waals surface area contributed by atoms with Gasteiger partial charge in [0.1, 0.15) is 11.6 Å². The number of hydrogen-bond donors (Lipinski definition) is 1. The van der Waals surface area contributed by atoms with Gasteiger partial charge in [-0.25, -0.2) is 9.59 Å². The van der Waals surface area contributed by atoms with Crippen LogP contribution in [0.5, 0.6) is 6.01 Å². The van der Waals surface area contributed by atoms with Gasteiger partial charge in [-0.3, -0.25) is 14.9 Å². The van der Waals surface area contributed by atoms with E-state index in [1.165, 1.54) is 4.90 Å². The van der Waals surface area contributed by atoms with E-state index in [2.05, 4.69) is 9.97 Å². The molecule has 4 rings (SSSR count). The maximum absolute atomic E-state index is 13.8. The molecule has 1 saturated heterocycles. The van der Waals surface area contributed by atoms with Gasteiger partial charge in [0, 0.05) is 38.3 Å². The topological polar surface area (TPSA) is 184 Å². The summed E-state index contributed by atoms with van der Waals surface area (Å²) in [5.41, 5.74) is 7.15. The average Bonchev–Trinajstić information content (AvgIpc) is 3.22. The first-order chi connectivity index (χ1) is 21.8. The Morgan fingerprint density at radius 3 is 2.50 bits per heavy atom. The normalized spacial score (nSPS) is 16.7. The number of anilines is 2. The third-order valence-corrected chi connectivity index (χ3v) is 7.68. The molecule has 46 heavy (non-hydrogen) atoms. The van der Waals surface area contributed by atoms with E-state index in [1.54, 1.807) is 28.9 Å². The zero-order valence-electron chi connectivity index (χ0n) is 27.1. The smallest absolute Gasteiger partial charge is 0.410 e. The van der Waals surface area contributed by atoms with Gasteiger partial charge in [0.25, 0.3) is 5.91 Å². The summed E-state index contributed by atoms with van der Waals surface area (Å²) in [6.07, 6.45) is 1.90. The van der Waals surface area contributed by atoms with Crippen molar-refractivity contribution >= 4 is 35.3 Å². The SMILES string of the molecule is CCCCOc1nc(N)c([N+](=O)[O-])c(N2CCN(C(=O)c3ccc4c(c3)CN(C(=O)OC(C)(C)C)CC4)CCC2C(=O)OCC)n1. The molecule has 3 heterocycles. The van der Waals surface area contributed by atoms with Gasteiger partial charge in [-0.1, -0.05) is 19.4 Å². The fourth-order valence-electron chi connectivity index (χ4n) is 5.41. The maximum atomic E-state index is 13.8. The van der Waals surface area contributed by atoms with E-state index in [1.807, 2.05) is 33.8 Å². The molecule has 0 radical (unpaired) electrons. The number of fused-ring (bicyclic) bond motifs is 1. The van der Waals surface area contributed by atoms with Gasteiger partial charge in [0.05, 0.1) is 18.1 Å². The molecule has 15 heteroatoms. The number of rotatable bonds is 9. The summed E-state index contributed by atoms with van der Waals surface area (Å²) < 4.78 is 16.5. The largest absolute Gasteiger partial charge is 0.464 e. The molecule has 1 aromatic heterocycles. The van der Waals surface area contributed by atoms with Gasteiger partial charge in [-0.05, 0) is 70.2 Å². The first-order valence-corrected chi connectivity index (χ1v) is 15.6. The van der Waals surface area contributed by atoms with Crippen LogP contribution in [0.15, 0.2) is 18.2 Å². The molecule has 0 aliphatic carbocycles. The molecule has 1 unspecified atom stereocenters. The number of carbonyl (C=O) groups excluding carboxylic acids is 3. The number of esters is 1. The number of nitrogens with zero attached hydrogens (tertiary/aromatic N) is 6. The van der Waals surface area contributed by atoms with Crippen molar-refractivity contribution in [1.82, 2.24) is 19.8 Å². The van der Waals surface area contributed by atoms with E-state index in [0.29, 0.717) is 31.5 Å². The number of amides is 2. The molecule has 2 aliphatic rings. The third kappa shape index (κ3) is 8.12. The van der Waals surface area contributed by atoms with Gasteiger partial charge in [0.15, 0.2) is 0 Å². The molecular formula is C31H43N7O8. The summed E-state index contributed by atoms with van der Waals surface area (Å²) in [5.74, 6) is -1.45. The average molecular weight is 642 g/mol. The summed E-state index contributed by atoms with van der Waals surface area (Å²) in [5, 5.41) is 12.1. The van der Waals surface area contributed by atoms with Crippen LogP contribution in [0.3, 0.4) is 0 Å². The minimum atomic E-state index is -0.986. The van der Waals surface area contributed by atoms with E-state index < -0.39 is 40.1 Å². The molecular weight excluding hydrogens is 598 g/mol. The monoisotopic (exact) mass is 641 g/mol. The number of hydrogen-bond acceptors (Lipinski definition) is 12. The molecule has 0 spiro atoms. The minimum Gasteiger partial charge on any atom is -0.464 e. The summed E-state index contributed by atoms with van der Waals surface area (Å²) >= 11 is 0. The van der Waals surface area contributed by atoms with Crippen molar-refractivity contribution in [2.45, 2.75) is 78.5 Å². The van der Waals surface area contributed by atoms with E-state index >= 15 is 0 Å². The predicted octanol–water partition coefficient (Wildman–Crippen LogP) is 3.72. The third-order valence-electron chi connectivity index (χ3n) is 7.68. The molecule has 0 bridgehead atoms. The maximum Gasteiger partial charge on any atom is 0.410 e. The van der Waals surface area contributed by atoms with Crippen molar-refractivity contribution in [3.63, 3.8) is 0 Å². The summed E-state index contributed by atoms with van der Waals surface area (Å²) in [7, 11) is 0. The van der Waals surface area contributed by atoms with Crippen LogP contribution in [0.25, 0.3) is 0 Å². The van der Waals surface area contributed by atoms with Crippen molar-refractivity contribution in [1.29, 1.82) is 0 Å². The van der Waals surface area contributed by atoms with Crippen LogP contribution < -0.4 is 15.4 Å². The fraction of sp³-hybridized carbons (Fsp3) is 0.581. The van der Waals surface area contributed by atoms with E-state index in [9.17, 15) is 24.5 Å². The Labute approximate surface area is 268 Å². The van der Waals surface area contributed by atoms with Crippen LogP contribution in [-0.2, 0) is 27.2 Å². The van der Waals surface area contributed by atoms with Crippen molar-refractivity contribution in [3.8, 4) is 6.01 Å². The Hall–Kier alpha value is -4.69. The highest BCUT2D eigenvalue weighted by Gasteiger charge is 2.38. The zero-order chi connectivity index (χ0) is 33.6. The number of aromatic nitrogens is 2. The second-order valence-electron chi connectivity index (χ2n) is 12.2. The van der Waals surface area contributed by atoms with Crippen molar-refractivity contribution in [2.75, 3.05) is 50.0 Å². The number of nitro groups is 1. The quantitative estimate of drug-likeness (QED) is 0.181. The Balaban J connectivity index is 1.60. The Kier molecular flexibility index (Phi) is 10.9. The second-order valence-corrected chi connectivity index (χ2v) is 12.2. The van der Waals surface area contributed by atoms with Gasteiger partial charge in [-0.15, -0.1) is 0 Å². The highest BCUT2D eigenvalue weighted by Crippen LogP contribution is 2.35. The molecule has 2 N–H and O–H groups in total. The molecule has 0 saturated carbocycles. The van der Waals surface area contributed by atoms with Gasteiger partial charge >= 0.3 is 23.8 Å². The summed E-state index contributed by atoms with van der Waals surface area (Å²) in [6.45, 7) is 10.6. The Bertz CT molecular complexity index is 1460. The van der Waals surface area contributed by atoms with E-state index in [0.717, 1.165) is 17.5 Å². The summed E-state index contributed by atoms with van der Waals surface area (Å²) in [6, 6.07) is 4.32. The van der Waals surface area contributed by atoms with Crippen LogP contribution >= 0.6 is 0 Å². The van der Waals surface area contributed by atoms with Crippen LogP contribution in [0.4, 0.5) is 22.1 Å². The minimum absolute atomic E-state index is 0.0261. The number of nitrogen functional groups attached to an aromatic ring is 1. The van der Waals surface area contributed by atoms with E-state index in [4.69, 9.17) is 19.9 Å². The molecule has 2 aromatic rings. The fourth-order valence-corrected chi connectivity index (χ4v) is 5.41. The molecule has 250 valence electrons. The summed E-state index contributed by atoms with van der Waals surface area (Å²) in [4.78, 5) is 64.1. The molecule has 15 nitrogen and oxygen atoms in total. The lowest BCUT2D eigenvalue weighted by Gasteiger charge is -2.31. The van der Waals surface area contributed by atoms with Gasteiger partial charge in [0.2, 0.25) is 11.6 Å². The molecule has 2 amide bonds. The van der Waals surface area contributed by atoms with Crippen molar-refractivity contribution in [3.05, 3.63) is 45.0 Å². The lowest BCUT2D eigenvalue weighted by atomic mass is 9.97. The van der Waals surface area contributed by atoms with Crippen LogP contribution in [0, 0.1) is 10.1 Å². The molecule has 2 aliphatic heterocycles. The van der Waals surface area contributed by atoms with E-state index in [-0.39, 0.29) is 57.0 Å². The highest BCUT2D eigenvalue weighted by molar-refractivity contribution is 5.95. The molecule has 1 atom stereocenters. The number of benzene rings is 1. The number of nitrogens with two attached hydrogens (primary N) is 1. The number of ether oxygens (including phenoxy) is 3. The lowest BCUT2D eigenvalue weighted by molar-refractivity contribution is -0.383. The standard InChI is InChI=1S/C31H43N7O8/c1-6-8-17-45-29-33-25(32)24(38(42)43)26(34-29)37-16-15-35(14-12-23(37)28(40)44-7-2)27(39)21-10-9-20-11-13-36(19-22(20)18-21)30(41)46-31(3,4)5/h9-10,18,23H,6-8,11-17,19H2,1-5H3,(H2,32,33,34). The van der Waals surface area contributed by atoms with Crippen LogP contribution in [-0.4, -0.2) is 93.7 Å². The Morgan fingerprint density at radius 1 is 1.07 bits per heavy atom. The molecule has 1 aromatic carbocycles. The second kappa shape index (κ2) is 14.6. The number of unbranched alkanes of at least 4 members (excludes halogenated alkanes) is 1. The zero-order valence-corrected chi connectivity index (χ0v) is 27.1. The predicted molar refractivity (Wildman–Crippen MR) is 169 cm³/mol. The van der Waals surface area contributed by atoms with Crippen LogP contribution in [0.1, 0.15) is 75.4 Å². The van der Waals surface area contributed by atoms with Crippen molar-refractivity contribution in [2.24, 2.45) is 0 Å². The van der Waals surface area contributed by atoms with Gasteiger partial charge < -0.3 is 34.6 Å². The molecule has 1 fully saturated rings. The van der Waals surface area contributed by atoms with Crippen molar-refractivity contribution < 1.29 is 33.5 Å². The van der Waals surface area contributed by atoms with Gasteiger partial charge in [-0.2, -0.15) is 9.97 Å². The Morgan fingerprint density at radius 2 is 1.83 bits per heavy atom.